The van der Waals surface area contributed by atoms with Crippen molar-refractivity contribution in [3.8, 4) is 5.75 Å². The maximum absolute atomic E-state index is 12.9. The number of amides is 1. The summed E-state index contributed by atoms with van der Waals surface area (Å²) in [6.45, 7) is 8.45. The molecule has 7 nitrogen and oxygen atoms in total. The first-order chi connectivity index (χ1) is 15.5. The fraction of sp³-hybridized carbons (Fsp3) is 0.458. The number of aromatic nitrogens is 1. The highest BCUT2D eigenvalue weighted by Crippen LogP contribution is 2.23. The van der Waals surface area contributed by atoms with E-state index in [1.165, 1.54) is 12.8 Å². The predicted octanol–water partition coefficient (Wildman–Crippen LogP) is 3.84. The average molecular weight is 456 g/mol. The van der Waals surface area contributed by atoms with E-state index in [-0.39, 0.29) is 11.0 Å². The number of carbonyl (C=O) groups excluding carboxylic acids is 1. The smallest absolute Gasteiger partial charge is 0.261 e. The number of unbranched alkanes of at least 4 members (excludes halogenated alkanes) is 2. The number of hydrogen-bond donors (Lipinski definition) is 2. The lowest BCUT2D eigenvalue weighted by Gasteiger charge is -2.34. The zero-order valence-corrected chi connectivity index (χ0v) is 20.0. The number of carbonyl (C=O) groups is 1. The number of aryl methyl sites for hydroxylation is 1. The molecule has 1 saturated heterocycles. The third kappa shape index (κ3) is 6.64. The highest BCUT2D eigenvalue weighted by molar-refractivity contribution is 7.80. The number of nitrogens with zero attached hydrogens (tertiary/aromatic N) is 3. The van der Waals surface area contributed by atoms with Gasteiger partial charge in [0.15, 0.2) is 5.11 Å². The van der Waals surface area contributed by atoms with Gasteiger partial charge in [-0.05, 0) is 68.5 Å². The van der Waals surface area contributed by atoms with E-state index in [1.54, 1.807) is 18.3 Å². The topological polar surface area (TPSA) is 69.7 Å². The van der Waals surface area contributed by atoms with Gasteiger partial charge in [-0.15, -0.1) is 0 Å². The van der Waals surface area contributed by atoms with Crippen molar-refractivity contribution in [2.45, 2.75) is 33.1 Å². The number of pyridine rings is 1. The second kappa shape index (κ2) is 11.8. The molecule has 1 amide bonds. The lowest BCUT2D eigenvalue weighted by molar-refractivity contribution is 0.0977. The fourth-order valence-electron chi connectivity index (χ4n) is 3.60. The van der Waals surface area contributed by atoms with Crippen LogP contribution in [0.4, 0.5) is 11.5 Å². The molecule has 0 radical (unpaired) electrons. The third-order valence-electron chi connectivity index (χ3n) is 5.50. The van der Waals surface area contributed by atoms with Gasteiger partial charge >= 0.3 is 0 Å². The van der Waals surface area contributed by atoms with E-state index in [0.717, 1.165) is 56.2 Å². The van der Waals surface area contributed by atoms with Gasteiger partial charge in [0.1, 0.15) is 11.6 Å². The molecule has 172 valence electrons. The molecule has 0 spiro atoms. The van der Waals surface area contributed by atoms with Crippen molar-refractivity contribution in [3.05, 3.63) is 47.7 Å². The number of anilines is 2. The van der Waals surface area contributed by atoms with Crippen LogP contribution in [0.3, 0.4) is 0 Å². The Bertz CT molecular complexity index is 928. The maximum atomic E-state index is 12.9. The van der Waals surface area contributed by atoms with Crippen LogP contribution in [0.25, 0.3) is 0 Å². The lowest BCUT2D eigenvalue weighted by Crippen LogP contribution is -2.45. The number of rotatable bonds is 8. The number of thiocarbonyl (C=S) groups is 1. The quantitative estimate of drug-likeness (QED) is 0.463. The molecule has 0 aliphatic carbocycles. The van der Waals surface area contributed by atoms with E-state index >= 15 is 0 Å². The van der Waals surface area contributed by atoms with Crippen molar-refractivity contribution >= 4 is 34.7 Å². The van der Waals surface area contributed by atoms with E-state index in [0.29, 0.717) is 11.4 Å². The van der Waals surface area contributed by atoms with Crippen molar-refractivity contribution < 1.29 is 9.53 Å². The summed E-state index contributed by atoms with van der Waals surface area (Å²) >= 11 is 5.39. The average Bonchev–Trinajstić information content (AvgIpc) is 2.78. The molecule has 1 aromatic carbocycles. The molecule has 8 heteroatoms. The minimum Gasteiger partial charge on any atom is -0.493 e. The molecule has 2 heterocycles. The fourth-order valence-corrected chi connectivity index (χ4v) is 3.81. The van der Waals surface area contributed by atoms with Gasteiger partial charge in [0.25, 0.3) is 5.91 Å². The highest BCUT2D eigenvalue weighted by Gasteiger charge is 2.21. The van der Waals surface area contributed by atoms with Crippen LogP contribution >= 0.6 is 12.2 Å². The summed E-state index contributed by atoms with van der Waals surface area (Å²) in [6, 6.07) is 9.36. The van der Waals surface area contributed by atoms with Crippen molar-refractivity contribution in [3.63, 3.8) is 0 Å². The predicted molar refractivity (Wildman–Crippen MR) is 134 cm³/mol. The molecule has 32 heavy (non-hydrogen) atoms. The summed E-state index contributed by atoms with van der Waals surface area (Å²) in [5.74, 6) is 1.30. The first-order valence-electron chi connectivity index (χ1n) is 11.2. The number of piperazine rings is 1. The van der Waals surface area contributed by atoms with Crippen molar-refractivity contribution in [1.82, 2.24) is 15.2 Å². The highest BCUT2D eigenvalue weighted by atomic mass is 32.1. The summed E-state index contributed by atoms with van der Waals surface area (Å²) in [6.07, 6.45) is 5.11. The van der Waals surface area contributed by atoms with E-state index in [1.807, 2.05) is 25.1 Å². The normalized spacial score (nSPS) is 14.2. The Morgan fingerprint density at radius 1 is 1.19 bits per heavy atom. The molecule has 0 bridgehead atoms. The summed E-state index contributed by atoms with van der Waals surface area (Å²) in [7, 11) is 2.10. The van der Waals surface area contributed by atoms with E-state index in [9.17, 15) is 4.79 Å². The van der Waals surface area contributed by atoms with E-state index < -0.39 is 0 Å². The van der Waals surface area contributed by atoms with Gasteiger partial charge in [-0.3, -0.25) is 10.1 Å². The Hall–Kier alpha value is -2.71. The third-order valence-corrected chi connectivity index (χ3v) is 5.70. The number of hydrogen-bond acceptors (Lipinski definition) is 6. The van der Waals surface area contributed by atoms with Crippen LogP contribution in [-0.2, 0) is 0 Å². The molecule has 1 aliphatic heterocycles. The second-order valence-corrected chi connectivity index (χ2v) is 8.52. The zero-order valence-electron chi connectivity index (χ0n) is 19.2. The number of benzene rings is 1. The standard InChI is InChI=1S/C24H33N5O2S/c1-4-5-6-16-31-21-10-9-19(17-18(21)2)26-24(32)27-23(30)20-8-7-11-25-22(20)29-14-12-28(3)13-15-29/h7-11,17H,4-6,12-16H2,1-3H3,(H2,26,27,30,32). The summed E-state index contributed by atoms with van der Waals surface area (Å²) in [5, 5.41) is 6.13. The van der Waals surface area contributed by atoms with E-state index in [2.05, 4.69) is 39.4 Å². The Balaban J connectivity index is 1.58. The molecule has 1 fully saturated rings. The van der Waals surface area contributed by atoms with Crippen LogP contribution in [0.1, 0.15) is 42.1 Å². The molecule has 2 N–H and O–H groups in total. The van der Waals surface area contributed by atoms with E-state index in [4.69, 9.17) is 17.0 Å². The molecule has 0 unspecified atom stereocenters. The molecule has 1 aromatic heterocycles. The van der Waals surface area contributed by atoms with Crippen molar-refractivity contribution in [2.75, 3.05) is 50.1 Å². The molecule has 3 rings (SSSR count). The Morgan fingerprint density at radius 2 is 1.97 bits per heavy atom. The number of nitrogens with one attached hydrogen (secondary N) is 2. The SMILES string of the molecule is CCCCCOc1ccc(NC(=S)NC(=O)c2cccnc2N2CCN(C)CC2)cc1C. The van der Waals surface area contributed by atoms with Crippen LogP contribution in [-0.4, -0.2) is 60.7 Å². The van der Waals surface area contributed by atoms with Gasteiger partial charge in [-0.1, -0.05) is 19.8 Å². The van der Waals surface area contributed by atoms with Crippen LogP contribution in [0.15, 0.2) is 36.5 Å². The van der Waals surface area contributed by atoms with Crippen LogP contribution < -0.4 is 20.3 Å². The molecule has 2 aromatic rings. The minimum atomic E-state index is -0.267. The summed E-state index contributed by atoms with van der Waals surface area (Å²) in [5.41, 5.74) is 2.35. The molecule has 1 aliphatic rings. The van der Waals surface area contributed by atoms with Gasteiger partial charge in [0.05, 0.1) is 12.2 Å². The van der Waals surface area contributed by atoms with Crippen LogP contribution in [0.5, 0.6) is 5.75 Å². The molecule has 0 atom stereocenters. The molecular formula is C24H33N5O2S. The number of ether oxygens (including phenoxy) is 1. The maximum Gasteiger partial charge on any atom is 0.261 e. The Morgan fingerprint density at radius 3 is 2.69 bits per heavy atom. The Kier molecular flexibility index (Phi) is 8.81. The van der Waals surface area contributed by atoms with Crippen LogP contribution in [0.2, 0.25) is 0 Å². The minimum absolute atomic E-state index is 0.249. The number of likely N-dealkylation sites (N-methyl/N-ethyl adjacent to an activating group) is 1. The largest absolute Gasteiger partial charge is 0.493 e. The second-order valence-electron chi connectivity index (χ2n) is 8.11. The van der Waals surface area contributed by atoms with Gasteiger partial charge in [0, 0.05) is 38.1 Å². The van der Waals surface area contributed by atoms with Crippen LogP contribution in [0, 0.1) is 6.92 Å². The van der Waals surface area contributed by atoms with Gasteiger partial charge < -0.3 is 19.9 Å². The van der Waals surface area contributed by atoms with Crippen molar-refractivity contribution in [2.24, 2.45) is 0 Å². The summed E-state index contributed by atoms with van der Waals surface area (Å²) < 4.78 is 5.85. The Labute approximate surface area is 196 Å². The monoisotopic (exact) mass is 455 g/mol. The van der Waals surface area contributed by atoms with Gasteiger partial charge in [-0.25, -0.2) is 4.98 Å². The van der Waals surface area contributed by atoms with Gasteiger partial charge in [0.2, 0.25) is 0 Å². The molecule has 0 saturated carbocycles. The first kappa shape index (κ1) is 23.9. The van der Waals surface area contributed by atoms with Crippen molar-refractivity contribution in [1.29, 1.82) is 0 Å². The summed E-state index contributed by atoms with van der Waals surface area (Å²) in [4.78, 5) is 21.8. The lowest BCUT2D eigenvalue weighted by atomic mass is 10.2. The van der Waals surface area contributed by atoms with Gasteiger partial charge in [-0.2, -0.15) is 0 Å². The first-order valence-corrected chi connectivity index (χ1v) is 11.6. The molecular weight excluding hydrogens is 422 g/mol. The zero-order chi connectivity index (χ0) is 22.9.